The number of aryl methyl sites for hydroxylation is 1. The van der Waals surface area contributed by atoms with Gasteiger partial charge in [-0.05, 0) is 43.3 Å². The van der Waals surface area contributed by atoms with Crippen molar-refractivity contribution in [2.45, 2.75) is 13.3 Å². The van der Waals surface area contributed by atoms with Crippen LogP contribution < -0.4 is 9.47 Å². The van der Waals surface area contributed by atoms with Gasteiger partial charge in [0.25, 0.3) is 0 Å². The summed E-state index contributed by atoms with van der Waals surface area (Å²) in [6.07, 6.45) is 0.259. The molecule has 0 fully saturated rings. The van der Waals surface area contributed by atoms with Crippen molar-refractivity contribution in [1.82, 2.24) is 9.88 Å². The summed E-state index contributed by atoms with van der Waals surface area (Å²) in [7, 11) is 3.39. The molecule has 2 aromatic heterocycles. The highest BCUT2D eigenvalue weighted by Crippen LogP contribution is 2.25. The van der Waals surface area contributed by atoms with Gasteiger partial charge in [0.2, 0.25) is 5.91 Å². The molecular formula is C20H22N2O4S. The predicted molar refractivity (Wildman–Crippen MR) is 104 cm³/mol. The maximum atomic E-state index is 12.4. The van der Waals surface area contributed by atoms with E-state index in [9.17, 15) is 4.79 Å². The lowest BCUT2D eigenvalue weighted by molar-refractivity contribution is -0.129. The van der Waals surface area contributed by atoms with Crippen LogP contribution in [0.5, 0.6) is 11.5 Å². The number of likely N-dealkylation sites (N-methyl/N-ethyl adjacent to an activating group) is 1. The van der Waals surface area contributed by atoms with Crippen molar-refractivity contribution in [3.63, 3.8) is 0 Å². The number of benzene rings is 1. The Morgan fingerprint density at radius 2 is 1.93 bits per heavy atom. The van der Waals surface area contributed by atoms with E-state index in [4.69, 9.17) is 13.9 Å². The molecule has 0 radical (unpaired) electrons. The quantitative estimate of drug-likeness (QED) is 0.589. The smallest absolute Gasteiger partial charge is 0.228 e. The molecule has 1 aromatic carbocycles. The van der Waals surface area contributed by atoms with E-state index in [0.717, 1.165) is 33.7 Å². The van der Waals surface area contributed by atoms with Crippen LogP contribution in [-0.2, 0) is 11.2 Å². The average Bonchev–Trinajstić information content (AvgIpc) is 3.31. The average molecular weight is 386 g/mol. The van der Waals surface area contributed by atoms with Crippen molar-refractivity contribution in [1.29, 1.82) is 0 Å². The minimum Gasteiger partial charge on any atom is -0.497 e. The Labute approximate surface area is 162 Å². The van der Waals surface area contributed by atoms with Crippen molar-refractivity contribution in [2.75, 3.05) is 27.3 Å². The minimum atomic E-state index is 0.000747. The van der Waals surface area contributed by atoms with Gasteiger partial charge in [0.1, 0.15) is 23.9 Å². The number of aromatic nitrogens is 1. The molecule has 6 nitrogen and oxygen atoms in total. The number of ether oxygens (including phenoxy) is 2. The fourth-order valence-corrected chi connectivity index (χ4v) is 3.22. The van der Waals surface area contributed by atoms with Gasteiger partial charge in [0, 0.05) is 12.4 Å². The Kier molecular flexibility index (Phi) is 6.13. The third-order valence-corrected chi connectivity index (χ3v) is 4.92. The molecule has 0 spiro atoms. The highest BCUT2D eigenvalue weighted by atomic mass is 32.1. The molecular weight excluding hydrogens is 364 g/mol. The van der Waals surface area contributed by atoms with Gasteiger partial charge in [0.15, 0.2) is 10.8 Å². The molecule has 27 heavy (non-hydrogen) atoms. The molecule has 0 bridgehead atoms. The van der Waals surface area contributed by atoms with E-state index in [0.29, 0.717) is 13.2 Å². The van der Waals surface area contributed by atoms with Crippen molar-refractivity contribution >= 4 is 17.2 Å². The number of hydrogen-bond donors (Lipinski definition) is 0. The maximum absolute atomic E-state index is 12.4. The Morgan fingerprint density at radius 3 is 2.59 bits per heavy atom. The number of hydrogen-bond acceptors (Lipinski definition) is 6. The zero-order valence-electron chi connectivity index (χ0n) is 15.6. The van der Waals surface area contributed by atoms with Crippen LogP contribution in [0.15, 0.2) is 46.2 Å². The minimum absolute atomic E-state index is 0.000747. The van der Waals surface area contributed by atoms with Gasteiger partial charge in [0.05, 0.1) is 25.8 Å². The second-order valence-corrected chi connectivity index (χ2v) is 6.93. The van der Waals surface area contributed by atoms with Crippen molar-refractivity contribution < 1.29 is 18.7 Å². The first-order chi connectivity index (χ1) is 13.0. The molecule has 3 rings (SSSR count). The molecule has 0 unspecified atom stereocenters. The molecule has 1 amide bonds. The number of carbonyl (C=O) groups excluding carboxylic acids is 1. The number of rotatable bonds is 8. The van der Waals surface area contributed by atoms with Crippen LogP contribution in [0.1, 0.15) is 11.5 Å². The van der Waals surface area contributed by atoms with E-state index in [1.54, 1.807) is 19.1 Å². The standard InChI is InChI=1S/C20H22N2O4S/c1-14-4-9-18(26-14)20-21-15(13-27-20)12-19(23)22(2)10-11-25-17-7-5-16(24-3)6-8-17/h4-9,13H,10-12H2,1-3H3. The van der Waals surface area contributed by atoms with Crippen LogP contribution in [0, 0.1) is 6.92 Å². The third-order valence-electron chi connectivity index (χ3n) is 4.02. The number of carbonyl (C=O) groups is 1. The van der Waals surface area contributed by atoms with E-state index >= 15 is 0 Å². The van der Waals surface area contributed by atoms with Gasteiger partial charge in [-0.1, -0.05) is 0 Å². The molecule has 0 N–H and O–H groups in total. The number of methoxy groups -OCH3 is 1. The van der Waals surface area contributed by atoms with Crippen LogP contribution >= 0.6 is 11.3 Å². The lowest BCUT2D eigenvalue weighted by Crippen LogP contribution is -2.32. The molecule has 0 aliphatic heterocycles. The lowest BCUT2D eigenvalue weighted by Gasteiger charge is -2.17. The van der Waals surface area contributed by atoms with Crippen LogP contribution in [0.4, 0.5) is 0 Å². The first-order valence-electron chi connectivity index (χ1n) is 8.57. The number of furan rings is 1. The zero-order chi connectivity index (χ0) is 19.2. The van der Waals surface area contributed by atoms with Crippen molar-refractivity contribution in [3.05, 3.63) is 53.2 Å². The predicted octanol–water partition coefficient (Wildman–Crippen LogP) is 3.80. The summed E-state index contributed by atoms with van der Waals surface area (Å²) in [6.45, 7) is 2.81. The van der Waals surface area contributed by atoms with Crippen molar-refractivity contribution in [3.8, 4) is 22.3 Å². The molecule has 0 saturated carbocycles. The van der Waals surface area contributed by atoms with Crippen LogP contribution in [0.3, 0.4) is 0 Å². The molecule has 3 aromatic rings. The van der Waals surface area contributed by atoms with Gasteiger partial charge in [-0.2, -0.15) is 0 Å². The van der Waals surface area contributed by atoms with E-state index < -0.39 is 0 Å². The summed E-state index contributed by atoms with van der Waals surface area (Å²) in [5.74, 6) is 3.10. The Bertz CT molecular complexity index is 886. The second kappa shape index (κ2) is 8.73. The number of amides is 1. The zero-order valence-corrected chi connectivity index (χ0v) is 16.4. The number of nitrogens with zero attached hydrogens (tertiary/aromatic N) is 2. The lowest BCUT2D eigenvalue weighted by atomic mass is 10.3. The monoisotopic (exact) mass is 386 g/mol. The van der Waals surface area contributed by atoms with Crippen LogP contribution in [0.2, 0.25) is 0 Å². The van der Waals surface area contributed by atoms with Gasteiger partial charge < -0.3 is 18.8 Å². The van der Waals surface area contributed by atoms with E-state index in [2.05, 4.69) is 4.98 Å². The van der Waals surface area contributed by atoms with E-state index in [1.807, 2.05) is 48.7 Å². The fourth-order valence-electron chi connectivity index (χ4n) is 2.44. The first-order valence-corrected chi connectivity index (χ1v) is 9.45. The van der Waals surface area contributed by atoms with Gasteiger partial charge in [-0.25, -0.2) is 4.98 Å². The highest BCUT2D eigenvalue weighted by molar-refractivity contribution is 7.13. The molecule has 0 aliphatic rings. The van der Waals surface area contributed by atoms with Crippen molar-refractivity contribution in [2.24, 2.45) is 0 Å². The van der Waals surface area contributed by atoms with Gasteiger partial charge in [-0.3, -0.25) is 4.79 Å². The summed E-state index contributed by atoms with van der Waals surface area (Å²) < 4.78 is 16.4. The summed E-state index contributed by atoms with van der Waals surface area (Å²) in [5, 5.41) is 2.68. The molecule has 0 atom stereocenters. The largest absolute Gasteiger partial charge is 0.497 e. The topological polar surface area (TPSA) is 64.8 Å². The second-order valence-electron chi connectivity index (χ2n) is 6.07. The Morgan fingerprint density at radius 1 is 1.19 bits per heavy atom. The first kappa shape index (κ1) is 19.0. The third kappa shape index (κ3) is 5.10. The molecule has 2 heterocycles. The van der Waals surface area contributed by atoms with E-state index in [-0.39, 0.29) is 12.3 Å². The summed E-state index contributed by atoms with van der Waals surface area (Å²) in [5.41, 5.74) is 0.747. The summed E-state index contributed by atoms with van der Waals surface area (Å²) >= 11 is 1.48. The summed E-state index contributed by atoms with van der Waals surface area (Å²) in [4.78, 5) is 18.5. The summed E-state index contributed by atoms with van der Waals surface area (Å²) in [6, 6.07) is 11.2. The Balaban J connectivity index is 1.46. The maximum Gasteiger partial charge on any atom is 0.228 e. The van der Waals surface area contributed by atoms with Gasteiger partial charge in [-0.15, -0.1) is 11.3 Å². The van der Waals surface area contributed by atoms with E-state index in [1.165, 1.54) is 11.3 Å². The molecule has 142 valence electrons. The molecule has 7 heteroatoms. The molecule has 0 aliphatic carbocycles. The highest BCUT2D eigenvalue weighted by Gasteiger charge is 2.14. The number of thiazole rings is 1. The SMILES string of the molecule is COc1ccc(OCCN(C)C(=O)Cc2csc(-c3ccc(C)o3)n2)cc1. The van der Waals surface area contributed by atoms with Crippen LogP contribution in [-0.4, -0.2) is 43.1 Å². The normalized spacial score (nSPS) is 10.6. The van der Waals surface area contributed by atoms with Gasteiger partial charge >= 0.3 is 0 Å². The fraction of sp³-hybridized carbons (Fsp3) is 0.300. The Hall–Kier alpha value is -2.80. The molecule has 0 saturated heterocycles. The van der Waals surface area contributed by atoms with Crippen LogP contribution in [0.25, 0.3) is 10.8 Å².